The van der Waals surface area contributed by atoms with Crippen LogP contribution < -0.4 is 10.9 Å². The van der Waals surface area contributed by atoms with E-state index in [0.29, 0.717) is 16.8 Å². The van der Waals surface area contributed by atoms with Gasteiger partial charge in [-0.3, -0.25) is 14.9 Å². The van der Waals surface area contributed by atoms with E-state index in [1.807, 2.05) is 5.38 Å². The molecule has 4 rings (SSSR count). The largest absolute Gasteiger partial charge is 0.454 e. The van der Waals surface area contributed by atoms with E-state index in [4.69, 9.17) is 4.42 Å². The summed E-state index contributed by atoms with van der Waals surface area (Å²) in [5.41, 5.74) is 3.01. The zero-order valence-corrected chi connectivity index (χ0v) is 18.2. The molecular weight excluding hydrogens is 410 g/mol. The van der Waals surface area contributed by atoms with E-state index in [1.54, 1.807) is 30.5 Å². The summed E-state index contributed by atoms with van der Waals surface area (Å²) in [5, 5.41) is 5.20. The molecule has 0 fully saturated rings. The molecule has 0 aliphatic rings. The first kappa shape index (κ1) is 20.8. The van der Waals surface area contributed by atoms with E-state index in [2.05, 4.69) is 48.4 Å². The summed E-state index contributed by atoms with van der Waals surface area (Å²) in [7, 11) is 0. The lowest BCUT2D eigenvalue weighted by molar-refractivity contribution is 0.0994. The Kier molecular flexibility index (Phi) is 6.13. The number of rotatable bonds is 7. The SMILES string of the molecule is CC[C@H](C)c1ccc(-c2csc(NC(=O)c3ccc(Cn4ccccc4=O)o3)n2)cc1. The zero-order chi connectivity index (χ0) is 21.8. The quantitative estimate of drug-likeness (QED) is 0.425. The van der Waals surface area contributed by atoms with Crippen molar-refractivity contribution in [2.24, 2.45) is 0 Å². The third-order valence-corrected chi connectivity index (χ3v) is 5.98. The molecule has 6 nitrogen and oxygen atoms in total. The van der Waals surface area contributed by atoms with Gasteiger partial charge in [-0.25, -0.2) is 4.98 Å². The molecule has 158 valence electrons. The van der Waals surface area contributed by atoms with Gasteiger partial charge in [0.15, 0.2) is 10.9 Å². The summed E-state index contributed by atoms with van der Waals surface area (Å²) >= 11 is 1.36. The lowest BCUT2D eigenvalue weighted by atomic mass is 9.97. The van der Waals surface area contributed by atoms with Gasteiger partial charge < -0.3 is 8.98 Å². The van der Waals surface area contributed by atoms with Crippen molar-refractivity contribution in [1.82, 2.24) is 9.55 Å². The Balaban J connectivity index is 1.42. The molecule has 0 saturated heterocycles. The number of furan rings is 1. The van der Waals surface area contributed by atoms with Crippen LogP contribution in [-0.2, 0) is 6.54 Å². The van der Waals surface area contributed by atoms with E-state index in [0.717, 1.165) is 17.7 Å². The first-order valence-electron chi connectivity index (χ1n) is 10.1. The number of pyridine rings is 1. The number of hydrogen-bond donors (Lipinski definition) is 1. The van der Waals surface area contributed by atoms with Gasteiger partial charge >= 0.3 is 0 Å². The number of carbonyl (C=O) groups is 1. The Bertz CT molecular complexity index is 1240. The van der Waals surface area contributed by atoms with Gasteiger partial charge in [0, 0.05) is 23.2 Å². The number of nitrogens with zero attached hydrogens (tertiary/aromatic N) is 2. The van der Waals surface area contributed by atoms with Crippen molar-refractivity contribution in [1.29, 1.82) is 0 Å². The third kappa shape index (κ3) is 4.83. The van der Waals surface area contributed by atoms with Gasteiger partial charge in [-0.1, -0.05) is 44.2 Å². The molecule has 1 amide bonds. The molecule has 0 aliphatic heterocycles. The van der Waals surface area contributed by atoms with Crippen molar-refractivity contribution < 1.29 is 9.21 Å². The summed E-state index contributed by atoms with van der Waals surface area (Å²) in [4.78, 5) is 28.9. The maximum absolute atomic E-state index is 12.5. The Morgan fingerprint density at radius 3 is 2.71 bits per heavy atom. The van der Waals surface area contributed by atoms with Crippen LogP contribution in [0.25, 0.3) is 11.3 Å². The summed E-state index contributed by atoms with van der Waals surface area (Å²) in [5.74, 6) is 0.853. The van der Waals surface area contributed by atoms with Gasteiger partial charge in [0.2, 0.25) is 0 Å². The summed E-state index contributed by atoms with van der Waals surface area (Å²) < 4.78 is 7.13. The fourth-order valence-electron chi connectivity index (χ4n) is 3.18. The number of benzene rings is 1. The fraction of sp³-hybridized carbons (Fsp3) is 0.208. The van der Waals surface area contributed by atoms with Crippen molar-refractivity contribution in [2.75, 3.05) is 5.32 Å². The fourth-order valence-corrected chi connectivity index (χ4v) is 3.90. The second kappa shape index (κ2) is 9.14. The number of hydrogen-bond acceptors (Lipinski definition) is 5. The third-order valence-electron chi connectivity index (χ3n) is 5.22. The van der Waals surface area contributed by atoms with E-state index < -0.39 is 0 Å². The number of aromatic nitrogens is 2. The van der Waals surface area contributed by atoms with E-state index in [9.17, 15) is 9.59 Å². The Morgan fingerprint density at radius 1 is 1.16 bits per heavy atom. The second-order valence-electron chi connectivity index (χ2n) is 7.36. The lowest BCUT2D eigenvalue weighted by Gasteiger charge is -2.08. The second-order valence-corrected chi connectivity index (χ2v) is 8.21. The van der Waals surface area contributed by atoms with Crippen LogP contribution in [0.3, 0.4) is 0 Å². The molecule has 0 aliphatic carbocycles. The highest BCUT2D eigenvalue weighted by molar-refractivity contribution is 7.14. The van der Waals surface area contributed by atoms with Crippen LogP contribution >= 0.6 is 11.3 Å². The molecule has 3 aromatic heterocycles. The molecule has 31 heavy (non-hydrogen) atoms. The molecule has 0 spiro atoms. The standard InChI is InChI=1S/C24H23N3O3S/c1-3-16(2)17-7-9-18(10-8-17)20-15-31-24(25-20)26-23(29)21-12-11-19(30-21)14-27-13-5-4-6-22(27)28/h4-13,15-16H,3,14H2,1-2H3,(H,25,26,29)/t16-/m0/s1. The van der Waals surface area contributed by atoms with Gasteiger partial charge in [0.05, 0.1) is 12.2 Å². The molecule has 0 bridgehead atoms. The molecule has 1 N–H and O–H groups in total. The van der Waals surface area contributed by atoms with Crippen LogP contribution in [-0.4, -0.2) is 15.5 Å². The van der Waals surface area contributed by atoms with Crippen LogP contribution in [0.2, 0.25) is 0 Å². The highest BCUT2D eigenvalue weighted by Gasteiger charge is 2.14. The van der Waals surface area contributed by atoms with Crippen molar-refractivity contribution in [3.05, 3.63) is 93.6 Å². The minimum absolute atomic E-state index is 0.127. The smallest absolute Gasteiger partial charge is 0.293 e. The topological polar surface area (TPSA) is 77.1 Å². The van der Waals surface area contributed by atoms with Crippen LogP contribution in [0.1, 0.15) is 48.1 Å². The Hall–Kier alpha value is -3.45. The normalized spacial score (nSPS) is 11.9. The van der Waals surface area contributed by atoms with Gasteiger partial charge in [-0.2, -0.15) is 0 Å². The average Bonchev–Trinajstić information content (AvgIpc) is 3.45. The molecule has 7 heteroatoms. The van der Waals surface area contributed by atoms with Gasteiger partial charge in [0.1, 0.15) is 5.76 Å². The van der Waals surface area contributed by atoms with Gasteiger partial charge in [-0.05, 0) is 36.1 Å². The molecule has 4 aromatic rings. The Labute approximate surface area is 184 Å². The molecule has 3 heterocycles. The predicted octanol–water partition coefficient (Wildman–Crippen LogP) is 5.38. The van der Waals surface area contributed by atoms with Crippen LogP contribution in [0.5, 0.6) is 0 Å². The molecule has 0 saturated carbocycles. The van der Waals surface area contributed by atoms with E-state index in [1.165, 1.54) is 27.5 Å². The molecule has 1 aromatic carbocycles. The monoisotopic (exact) mass is 433 g/mol. The van der Waals surface area contributed by atoms with E-state index >= 15 is 0 Å². The number of carbonyl (C=O) groups excluding carboxylic acids is 1. The Morgan fingerprint density at radius 2 is 1.97 bits per heavy atom. The van der Waals surface area contributed by atoms with E-state index in [-0.39, 0.29) is 23.8 Å². The maximum Gasteiger partial charge on any atom is 0.293 e. The first-order valence-corrected chi connectivity index (χ1v) is 11.0. The van der Waals surface area contributed by atoms with Crippen LogP contribution in [0.4, 0.5) is 5.13 Å². The average molecular weight is 434 g/mol. The predicted molar refractivity (Wildman–Crippen MR) is 123 cm³/mol. The van der Waals surface area contributed by atoms with Gasteiger partial charge in [-0.15, -0.1) is 11.3 Å². The van der Waals surface area contributed by atoms with Crippen molar-refractivity contribution in [3.8, 4) is 11.3 Å². The van der Waals surface area contributed by atoms with Crippen LogP contribution in [0.15, 0.2) is 75.4 Å². The molecular formula is C24H23N3O3S. The highest BCUT2D eigenvalue weighted by atomic mass is 32.1. The lowest BCUT2D eigenvalue weighted by Crippen LogP contribution is -2.18. The zero-order valence-electron chi connectivity index (χ0n) is 17.4. The van der Waals surface area contributed by atoms with Crippen molar-refractivity contribution in [2.45, 2.75) is 32.7 Å². The minimum Gasteiger partial charge on any atom is -0.454 e. The van der Waals surface area contributed by atoms with Crippen LogP contribution in [0, 0.1) is 0 Å². The van der Waals surface area contributed by atoms with Gasteiger partial charge in [0.25, 0.3) is 11.5 Å². The number of amides is 1. The van der Waals surface area contributed by atoms with Crippen molar-refractivity contribution >= 4 is 22.4 Å². The number of nitrogens with one attached hydrogen (secondary N) is 1. The maximum atomic E-state index is 12.5. The summed E-state index contributed by atoms with van der Waals surface area (Å²) in [6.45, 7) is 4.65. The number of thiazole rings is 1. The minimum atomic E-state index is -0.375. The highest BCUT2D eigenvalue weighted by Crippen LogP contribution is 2.27. The van der Waals surface area contributed by atoms with Crippen molar-refractivity contribution in [3.63, 3.8) is 0 Å². The molecule has 0 unspecified atom stereocenters. The summed E-state index contributed by atoms with van der Waals surface area (Å²) in [6.07, 6.45) is 2.78. The first-order chi connectivity index (χ1) is 15.0. The number of anilines is 1. The summed E-state index contributed by atoms with van der Waals surface area (Å²) in [6, 6.07) is 16.6. The molecule has 0 radical (unpaired) electrons. The molecule has 1 atom stereocenters.